The van der Waals surface area contributed by atoms with Gasteiger partial charge in [-0.25, -0.2) is 5.32 Å². The Kier molecular flexibility index (Phi) is 5.50. The normalized spacial score (nSPS) is 11.4. The van der Waals surface area contributed by atoms with Gasteiger partial charge in [0.1, 0.15) is 0 Å². The number of rotatable bonds is 5. The van der Waals surface area contributed by atoms with E-state index >= 15 is 0 Å². The third-order valence-electron chi connectivity index (χ3n) is 1.51. The van der Waals surface area contributed by atoms with E-state index in [2.05, 4.69) is 5.32 Å². The van der Waals surface area contributed by atoms with E-state index < -0.39 is 12.1 Å². The number of alkyl halides is 3. The Morgan fingerprint density at radius 1 is 1.23 bits per heavy atom. The minimum Gasteiger partial charge on any atom is -0.262 e. The summed E-state index contributed by atoms with van der Waals surface area (Å²) in [7, 11) is 0. The second kappa shape index (κ2) is 5.83. The van der Waals surface area contributed by atoms with Crippen molar-refractivity contribution < 1.29 is 18.0 Å². The van der Waals surface area contributed by atoms with Gasteiger partial charge in [-0.1, -0.05) is 26.2 Å². The number of carbonyl (C=O) groups is 1. The van der Waals surface area contributed by atoms with Crippen molar-refractivity contribution in [3.63, 3.8) is 0 Å². The molecule has 13 heavy (non-hydrogen) atoms. The lowest BCUT2D eigenvalue weighted by molar-refractivity contribution is -0.173. The van der Waals surface area contributed by atoms with Crippen LogP contribution < -0.4 is 5.32 Å². The number of hydrogen-bond donors (Lipinski definition) is 0. The highest BCUT2D eigenvalue weighted by molar-refractivity contribution is 5.81. The Morgan fingerprint density at radius 3 is 2.31 bits per heavy atom. The summed E-state index contributed by atoms with van der Waals surface area (Å²) in [4.78, 5) is 10.2. The first kappa shape index (κ1) is 12.3. The van der Waals surface area contributed by atoms with E-state index in [1.807, 2.05) is 6.92 Å². The van der Waals surface area contributed by atoms with Crippen molar-refractivity contribution in [1.82, 2.24) is 5.32 Å². The molecule has 1 amide bonds. The molecule has 0 fully saturated rings. The topological polar surface area (TPSA) is 31.2 Å². The van der Waals surface area contributed by atoms with E-state index in [9.17, 15) is 18.0 Å². The van der Waals surface area contributed by atoms with Crippen LogP contribution in [0.4, 0.5) is 13.2 Å². The first-order valence-corrected chi connectivity index (χ1v) is 4.27. The number of halogens is 3. The number of amides is 1. The smallest absolute Gasteiger partial charge is 0.262 e. The average Bonchev–Trinajstić information content (AvgIpc) is 2.02. The van der Waals surface area contributed by atoms with E-state index in [4.69, 9.17) is 0 Å². The third-order valence-corrected chi connectivity index (χ3v) is 1.51. The molecule has 0 N–H and O–H groups in total. The summed E-state index contributed by atoms with van der Waals surface area (Å²) >= 11 is 0. The molecule has 0 aliphatic rings. The fourth-order valence-electron chi connectivity index (χ4n) is 0.809. The van der Waals surface area contributed by atoms with Crippen LogP contribution in [0.1, 0.15) is 32.6 Å². The van der Waals surface area contributed by atoms with Gasteiger partial charge in [-0.3, -0.25) is 4.79 Å². The zero-order chi connectivity index (χ0) is 10.3. The lowest BCUT2D eigenvalue weighted by Crippen LogP contribution is -2.32. The minimum absolute atomic E-state index is 0.0155. The number of nitrogens with zero attached hydrogens (tertiary/aromatic N) is 1. The molecule has 0 spiro atoms. The molecule has 2 nitrogen and oxygen atoms in total. The Morgan fingerprint density at radius 2 is 1.85 bits per heavy atom. The number of hydrogen-bond acceptors (Lipinski definition) is 1. The zero-order valence-corrected chi connectivity index (χ0v) is 7.52. The molecule has 1 radical (unpaired) electrons. The first-order valence-electron chi connectivity index (χ1n) is 4.27. The fraction of sp³-hybridized carbons (Fsp3) is 0.875. The number of unbranched alkanes of at least 4 members (excludes halogenated alkanes) is 3. The summed E-state index contributed by atoms with van der Waals surface area (Å²) in [5.41, 5.74) is 0. The Labute approximate surface area is 75.5 Å². The molecule has 77 valence electrons. The van der Waals surface area contributed by atoms with Gasteiger partial charge in [-0.05, 0) is 6.42 Å². The van der Waals surface area contributed by atoms with Gasteiger partial charge in [0, 0.05) is 6.54 Å². The van der Waals surface area contributed by atoms with Crippen molar-refractivity contribution in [3.8, 4) is 0 Å². The Bertz CT molecular complexity index is 156. The standard InChI is InChI=1S/C8H13F3NO/c1-2-3-4-5-6-12-7(13)8(9,10)11/h2-6H2,1H3. The minimum atomic E-state index is -4.80. The zero-order valence-electron chi connectivity index (χ0n) is 7.52. The summed E-state index contributed by atoms with van der Waals surface area (Å²) in [6, 6.07) is 0. The van der Waals surface area contributed by atoms with Crippen LogP contribution >= 0.6 is 0 Å². The summed E-state index contributed by atoms with van der Waals surface area (Å²) in [6.07, 6.45) is -1.45. The van der Waals surface area contributed by atoms with Crippen LogP contribution in [0.25, 0.3) is 0 Å². The van der Waals surface area contributed by atoms with Gasteiger partial charge in [0.05, 0.1) is 0 Å². The highest BCUT2D eigenvalue weighted by Crippen LogP contribution is 2.14. The molecule has 0 saturated heterocycles. The predicted octanol–water partition coefficient (Wildman–Crippen LogP) is 2.26. The molecule has 0 aliphatic heterocycles. The molecule has 0 aliphatic carbocycles. The van der Waals surface area contributed by atoms with E-state index in [-0.39, 0.29) is 6.54 Å². The summed E-state index contributed by atoms with van der Waals surface area (Å²) in [5, 5.41) is 2.90. The maximum absolute atomic E-state index is 11.6. The maximum atomic E-state index is 11.6. The summed E-state index contributed by atoms with van der Waals surface area (Å²) in [5.74, 6) is -1.97. The van der Waals surface area contributed by atoms with Crippen molar-refractivity contribution >= 4 is 5.91 Å². The molecule has 5 heteroatoms. The van der Waals surface area contributed by atoms with Crippen LogP contribution in [0.3, 0.4) is 0 Å². The van der Waals surface area contributed by atoms with Gasteiger partial charge in [-0.15, -0.1) is 0 Å². The fourth-order valence-corrected chi connectivity index (χ4v) is 0.809. The van der Waals surface area contributed by atoms with E-state index in [1.165, 1.54) is 0 Å². The van der Waals surface area contributed by atoms with Crippen LogP contribution in [0.2, 0.25) is 0 Å². The lowest BCUT2D eigenvalue weighted by atomic mass is 10.2. The van der Waals surface area contributed by atoms with Crippen LogP contribution in [0.5, 0.6) is 0 Å². The third kappa shape index (κ3) is 6.42. The van der Waals surface area contributed by atoms with Gasteiger partial charge in [-0.2, -0.15) is 13.2 Å². The highest BCUT2D eigenvalue weighted by atomic mass is 19.4. The van der Waals surface area contributed by atoms with Crippen molar-refractivity contribution in [2.45, 2.75) is 38.8 Å². The second-order valence-electron chi connectivity index (χ2n) is 2.75. The largest absolute Gasteiger partial charge is 0.473 e. The van der Waals surface area contributed by atoms with Crippen LogP contribution in [-0.2, 0) is 4.79 Å². The lowest BCUT2D eigenvalue weighted by Gasteiger charge is -2.04. The molecular formula is C8H13F3NO. The van der Waals surface area contributed by atoms with E-state index in [1.54, 1.807) is 0 Å². The molecule has 0 bridgehead atoms. The van der Waals surface area contributed by atoms with Crippen molar-refractivity contribution in [2.24, 2.45) is 0 Å². The molecule has 0 unspecified atom stereocenters. The molecule has 0 heterocycles. The van der Waals surface area contributed by atoms with Crippen LogP contribution in [-0.4, -0.2) is 18.6 Å². The number of carbonyl (C=O) groups excluding carboxylic acids is 1. The van der Waals surface area contributed by atoms with Gasteiger partial charge < -0.3 is 0 Å². The highest BCUT2D eigenvalue weighted by Gasteiger charge is 2.39. The van der Waals surface area contributed by atoms with Gasteiger partial charge in [0.15, 0.2) is 0 Å². The van der Waals surface area contributed by atoms with Crippen molar-refractivity contribution in [3.05, 3.63) is 0 Å². The Hall–Kier alpha value is -0.740. The SMILES string of the molecule is CCCCCC[N]C(=O)C(F)(F)F. The maximum Gasteiger partial charge on any atom is 0.473 e. The first-order chi connectivity index (χ1) is 5.98. The molecule has 0 aromatic rings. The monoisotopic (exact) mass is 196 g/mol. The van der Waals surface area contributed by atoms with Crippen molar-refractivity contribution in [1.29, 1.82) is 0 Å². The van der Waals surface area contributed by atoms with Gasteiger partial charge >= 0.3 is 12.1 Å². The summed E-state index contributed by atoms with van der Waals surface area (Å²) in [6.45, 7) is 1.98. The second-order valence-corrected chi connectivity index (χ2v) is 2.75. The molecule has 0 atom stereocenters. The van der Waals surface area contributed by atoms with Crippen LogP contribution in [0.15, 0.2) is 0 Å². The molecule has 0 rings (SSSR count). The van der Waals surface area contributed by atoms with Crippen molar-refractivity contribution in [2.75, 3.05) is 6.54 Å². The molecular weight excluding hydrogens is 183 g/mol. The van der Waals surface area contributed by atoms with E-state index in [0.29, 0.717) is 6.42 Å². The van der Waals surface area contributed by atoms with Gasteiger partial charge in [0.25, 0.3) is 0 Å². The van der Waals surface area contributed by atoms with Crippen LogP contribution in [0, 0.1) is 0 Å². The molecule has 0 aromatic heterocycles. The predicted molar refractivity (Wildman–Crippen MR) is 42.2 cm³/mol. The average molecular weight is 196 g/mol. The Balaban J connectivity index is 3.38. The quantitative estimate of drug-likeness (QED) is 0.620. The van der Waals surface area contributed by atoms with E-state index in [0.717, 1.165) is 19.3 Å². The van der Waals surface area contributed by atoms with Gasteiger partial charge in [0.2, 0.25) is 0 Å². The summed E-state index contributed by atoms with van der Waals surface area (Å²) < 4.78 is 34.7. The molecule has 0 saturated carbocycles. The molecule has 0 aromatic carbocycles.